The zero-order chi connectivity index (χ0) is 20.4. The summed E-state index contributed by atoms with van der Waals surface area (Å²) in [5, 5.41) is 12.1. The Hall–Kier alpha value is -2.26. The molecule has 0 bridgehead atoms. The monoisotopic (exact) mass is 403 g/mol. The first-order chi connectivity index (χ1) is 14.1. The number of nitrogens with zero attached hydrogens (tertiary/aromatic N) is 3. The molecule has 1 aromatic rings. The quantitative estimate of drug-likeness (QED) is 0.336. The van der Waals surface area contributed by atoms with Crippen LogP contribution in [0.4, 0.5) is 5.95 Å². The predicted octanol–water partition coefficient (Wildman–Crippen LogP) is 1.13. The van der Waals surface area contributed by atoms with Gasteiger partial charge in [0, 0.05) is 25.5 Å². The molecule has 1 amide bonds. The lowest BCUT2D eigenvalue weighted by Crippen LogP contribution is -2.41. The van der Waals surface area contributed by atoms with E-state index in [-0.39, 0.29) is 23.7 Å². The molecule has 9 nitrogen and oxygen atoms in total. The highest BCUT2D eigenvalue weighted by Crippen LogP contribution is 2.51. The highest BCUT2D eigenvalue weighted by atomic mass is 16.5. The van der Waals surface area contributed by atoms with Crippen molar-refractivity contribution < 1.29 is 19.5 Å². The fourth-order valence-corrected chi connectivity index (χ4v) is 4.71. The van der Waals surface area contributed by atoms with Crippen molar-refractivity contribution in [2.45, 2.75) is 51.2 Å². The first-order valence-corrected chi connectivity index (χ1v) is 10.6. The molecule has 2 heterocycles. The summed E-state index contributed by atoms with van der Waals surface area (Å²) in [6, 6.07) is -0.221. The van der Waals surface area contributed by atoms with Crippen LogP contribution in [0.5, 0.6) is 0 Å². The first kappa shape index (κ1) is 20.0. The van der Waals surface area contributed by atoms with Crippen LogP contribution in [0.1, 0.15) is 49.4 Å². The van der Waals surface area contributed by atoms with E-state index < -0.39 is 5.91 Å². The molecular weight excluding hydrogens is 374 g/mol. The number of anilines is 1. The number of hydroxylamine groups is 1. The second-order valence-corrected chi connectivity index (χ2v) is 8.32. The van der Waals surface area contributed by atoms with Crippen LogP contribution in [0.3, 0.4) is 0 Å². The number of hydrogen-bond acceptors (Lipinski definition) is 8. The molecule has 4 rings (SSSR count). The van der Waals surface area contributed by atoms with Gasteiger partial charge in [-0.25, -0.2) is 15.4 Å². The van der Waals surface area contributed by atoms with Crippen LogP contribution in [0.15, 0.2) is 12.4 Å². The molecule has 2 unspecified atom stereocenters. The second-order valence-electron chi connectivity index (χ2n) is 8.32. The molecule has 9 heteroatoms. The molecule has 2 aliphatic carbocycles. The molecule has 158 valence electrons. The third-order valence-corrected chi connectivity index (χ3v) is 6.53. The van der Waals surface area contributed by atoms with Crippen LogP contribution < -0.4 is 15.7 Å². The number of nitrogens with one attached hydrogen (secondary N) is 2. The van der Waals surface area contributed by atoms with Crippen molar-refractivity contribution in [1.82, 2.24) is 20.8 Å². The van der Waals surface area contributed by atoms with E-state index in [2.05, 4.69) is 20.2 Å². The van der Waals surface area contributed by atoms with Crippen LogP contribution in [-0.2, 0) is 9.53 Å². The maximum Gasteiger partial charge on any atom is 0.323 e. The van der Waals surface area contributed by atoms with Crippen LogP contribution >= 0.6 is 0 Å². The minimum Gasteiger partial charge on any atom is -0.461 e. The standard InChI is InChI=1S/C20H29N5O4/c1-2-17(19(27)29-13-5-3-4-6-13)21-9-14-15-10-25(11-16(14)15)20-22-7-12(8-23-20)18(26)24-28/h7-8,13-17,21,28H,2-6,9-11H2,1H3,(H,24,26)/t14?,15?,16?,17-/m0/s1. The Balaban J connectivity index is 1.22. The summed E-state index contributed by atoms with van der Waals surface area (Å²) >= 11 is 0. The Morgan fingerprint density at radius 3 is 2.48 bits per heavy atom. The Labute approximate surface area is 170 Å². The normalized spacial score (nSPS) is 26.8. The number of piperidine rings is 1. The summed E-state index contributed by atoms with van der Waals surface area (Å²) in [5.41, 5.74) is 1.79. The summed E-state index contributed by atoms with van der Waals surface area (Å²) < 4.78 is 5.65. The van der Waals surface area contributed by atoms with Gasteiger partial charge in [0.15, 0.2) is 0 Å². The predicted molar refractivity (Wildman–Crippen MR) is 104 cm³/mol. The number of hydrogen-bond donors (Lipinski definition) is 3. The highest BCUT2D eigenvalue weighted by Gasteiger charge is 2.55. The van der Waals surface area contributed by atoms with Gasteiger partial charge in [-0.2, -0.15) is 0 Å². The van der Waals surface area contributed by atoms with Crippen molar-refractivity contribution in [3.8, 4) is 0 Å². The smallest absolute Gasteiger partial charge is 0.323 e. The van der Waals surface area contributed by atoms with Gasteiger partial charge in [0.05, 0.1) is 5.56 Å². The van der Waals surface area contributed by atoms with Crippen molar-refractivity contribution in [1.29, 1.82) is 0 Å². The Morgan fingerprint density at radius 2 is 1.90 bits per heavy atom. The molecule has 0 aromatic carbocycles. The van der Waals surface area contributed by atoms with Crippen LogP contribution in [0, 0.1) is 17.8 Å². The molecule has 1 saturated heterocycles. The van der Waals surface area contributed by atoms with E-state index in [1.165, 1.54) is 12.4 Å². The van der Waals surface area contributed by atoms with E-state index >= 15 is 0 Å². The second kappa shape index (κ2) is 8.62. The average molecular weight is 403 g/mol. The lowest BCUT2D eigenvalue weighted by atomic mass is 10.2. The third-order valence-electron chi connectivity index (χ3n) is 6.53. The summed E-state index contributed by atoms with van der Waals surface area (Å²) in [4.78, 5) is 34.3. The number of rotatable bonds is 8. The summed E-state index contributed by atoms with van der Waals surface area (Å²) in [5.74, 6) is 1.60. The van der Waals surface area contributed by atoms with Gasteiger partial charge in [-0.1, -0.05) is 6.92 Å². The molecule has 1 aliphatic heterocycles. The molecule has 29 heavy (non-hydrogen) atoms. The number of ether oxygens (including phenoxy) is 1. The highest BCUT2D eigenvalue weighted by molar-refractivity contribution is 5.92. The van der Waals surface area contributed by atoms with Gasteiger partial charge in [0.2, 0.25) is 5.95 Å². The number of carbonyl (C=O) groups is 2. The summed E-state index contributed by atoms with van der Waals surface area (Å²) in [7, 11) is 0. The first-order valence-electron chi connectivity index (χ1n) is 10.6. The van der Waals surface area contributed by atoms with Gasteiger partial charge in [0.1, 0.15) is 12.1 Å². The molecule has 3 aliphatic rings. The molecule has 3 fully saturated rings. The number of fused-ring (bicyclic) bond motifs is 1. The van der Waals surface area contributed by atoms with E-state index in [4.69, 9.17) is 9.94 Å². The van der Waals surface area contributed by atoms with Crippen molar-refractivity contribution in [3.63, 3.8) is 0 Å². The Morgan fingerprint density at radius 1 is 1.24 bits per heavy atom. The SMILES string of the molecule is CC[C@H](NCC1C2CN(c3ncc(C(=O)NO)cn3)CC12)C(=O)OC1CCCC1. The van der Waals surface area contributed by atoms with E-state index in [1.54, 1.807) is 5.48 Å². The van der Waals surface area contributed by atoms with Gasteiger partial charge in [-0.05, 0) is 56.4 Å². The topological polar surface area (TPSA) is 117 Å². The lowest BCUT2D eigenvalue weighted by Gasteiger charge is -2.22. The largest absolute Gasteiger partial charge is 0.461 e. The van der Waals surface area contributed by atoms with Crippen molar-refractivity contribution in [3.05, 3.63) is 18.0 Å². The number of aromatic nitrogens is 2. The Bertz CT molecular complexity index is 725. The third kappa shape index (κ3) is 4.35. The maximum absolute atomic E-state index is 12.4. The molecule has 0 radical (unpaired) electrons. The summed E-state index contributed by atoms with van der Waals surface area (Å²) in [6.07, 6.45) is 7.99. The van der Waals surface area contributed by atoms with Crippen molar-refractivity contribution in [2.24, 2.45) is 17.8 Å². The molecule has 3 atom stereocenters. The van der Waals surface area contributed by atoms with Gasteiger partial charge in [0.25, 0.3) is 5.91 Å². The zero-order valence-electron chi connectivity index (χ0n) is 16.7. The van der Waals surface area contributed by atoms with Crippen LogP contribution in [-0.4, -0.2) is 58.8 Å². The van der Waals surface area contributed by atoms with E-state index in [0.717, 1.165) is 51.7 Å². The fraction of sp³-hybridized carbons (Fsp3) is 0.700. The zero-order valence-corrected chi connectivity index (χ0v) is 16.7. The van der Waals surface area contributed by atoms with Gasteiger partial charge in [-0.15, -0.1) is 0 Å². The number of carbonyl (C=O) groups excluding carboxylic acids is 2. The van der Waals surface area contributed by atoms with Crippen LogP contribution in [0.25, 0.3) is 0 Å². The average Bonchev–Trinajstić information content (AvgIpc) is 3.13. The minimum absolute atomic E-state index is 0.104. The summed E-state index contributed by atoms with van der Waals surface area (Å²) in [6.45, 7) is 4.61. The van der Waals surface area contributed by atoms with Gasteiger partial charge >= 0.3 is 5.97 Å². The van der Waals surface area contributed by atoms with Crippen molar-refractivity contribution in [2.75, 3.05) is 24.5 Å². The van der Waals surface area contributed by atoms with Gasteiger partial charge in [-0.3, -0.25) is 14.8 Å². The van der Waals surface area contributed by atoms with Gasteiger partial charge < -0.3 is 15.0 Å². The molecular formula is C20H29N5O4. The minimum atomic E-state index is -0.621. The fourth-order valence-electron chi connectivity index (χ4n) is 4.71. The molecule has 2 saturated carbocycles. The van der Waals surface area contributed by atoms with Crippen molar-refractivity contribution >= 4 is 17.8 Å². The lowest BCUT2D eigenvalue weighted by molar-refractivity contribution is -0.151. The molecule has 1 aromatic heterocycles. The number of amides is 1. The maximum atomic E-state index is 12.4. The number of esters is 1. The molecule has 0 spiro atoms. The van der Waals surface area contributed by atoms with E-state index in [9.17, 15) is 9.59 Å². The van der Waals surface area contributed by atoms with Crippen LogP contribution in [0.2, 0.25) is 0 Å². The van der Waals surface area contributed by atoms with E-state index in [0.29, 0.717) is 23.7 Å². The molecule has 3 N–H and O–H groups in total. The Kier molecular flexibility index (Phi) is 5.96. The van der Waals surface area contributed by atoms with E-state index in [1.807, 2.05) is 6.92 Å².